The van der Waals surface area contributed by atoms with E-state index in [1.54, 1.807) is 6.07 Å². The maximum absolute atomic E-state index is 11.4. The first-order valence-corrected chi connectivity index (χ1v) is 7.82. The largest absolute Gasteiger partial charge is 0.356 e. The van der Waals surface area contributed by atoms with Gasteiger partial charge in [-0.25, -0.2) is 0 Å². The Kier molecular flexibility index (Phi) is 4.02. The van der Waals surface area contributed by atoms with Crippen LogP contribution in [0.1, 0.15) is 55.9 Å². The van der Waals surface area contributed by atoms with Crippen molar-refractivity contribution >= 4 is 11.4 Å². The van der Waals surface area contributed by atoms with Gasteiger partial charge >= 0.3 is 0 Å². The molecule has 0 N–H and O–H groups in total. The third-order valence-electron chi connectivity index (χ3n) is 4.14. The fraction of sp³-hybridized carbons (Fsp3) is 0.500. The molecule has 1 aliphatic heterocycles. The molecule has 1 saturated heterocycles. The fourth-order valence-electron chi connectivity index (χ4n) is 2.96. The second-order valence-electron chi connectivity index (χ2n) is 6.25. The minimum Gasteiger partial charge on any atom is -0.356 e. The number of nitrogens with zero attached hydrogens (tertiary/aromatic N) is 4. The number of hydrogen-bond donors (Lipinski definition) is 0. The summed E-state index contributed by atoms with van der Waals surface area (Å²) >= 11 is 0. The third kappa shape index (κ3) is 2.91. The summed E-state index contributed by atoms with van der Waals surface area (Å²) in [7, 11) is 0. The predicted molar refractivity (Wildman–Crippen MR) is 85.5 cm³/mol. The molecule has 1 atom stereocenters. The van der Waals surface area contributed by atoms with Gasteiger partial charge < -0.3 is 9.42 Å². The number of anilines is 1. The zero-order valence-electron chi connectivity index (χ0n) is 13.5. The Balaban J connectivity index is 1.97. The Labute approximate surface area is 134 Å². The minimum absolute atomic E-state index is 0.0762. The minimum atomic E-state index is -0.326. The number of aryl methyl sites for hydroxylation is 1. The molecule has 7 nitrogen and oxygen atoms in total. The van der Waals surface area contributed by atoms with E-state index < -0.39 is 0 Å². The van der Waals surface area contributed by atoms with Crippen molar-refractivity contribution in [1.82, 2.24) is 10.1 Å². The smallest absolute Gasteiger partial charge is 0.292 e. The first-order valence-electron chi connectivity index (χ1n) is 7.82. The van der Waals surface area contributed by atoms with E-state index in [0.717, 1.165) is 24.9 Å². The predicted octanol–water partition coefficient (Wildman–Crippen LogP) is 3.75. The maximum Gasteiger partial charge on any atom is 0.292 e. The number of rotatable bonds is 4. The van der Waals surface area contributed by atoms with Crippen LogP contribution in [-0.2, 0) is 0 Å². The molecule has 1 aromatic carbocycles. The summed E-state index contributed by atoms with van der Waals surface area (Å²) in [6.45, 7) is 6.59. The van der Waals surface area contributed by atoms with Crippen LogP contribution < -0.4 is 4.90 Å². The molecule has 122 valence electrons. The Morgan fingerprint density at radius 2 is 2.22 bits per heavy atom. The third-order valence-corrected chi connectivity index (χ3v) is 4.14. The first-order chi connectivity index (χ1) is 11.0. The van der Waals surface area contributed by atoms with Crippen molar-refractivity contribution in [3.63, 3.8) is 0 Å². The number of nitro benzene ring substituents is 1. The quantitative estimate of drug-likeness (QED) is 0.631. The number of aromatic nitrogens is 2. The van der Waals surface area contributed by atoms with E-state index in [4.69, 9.17) is 4.52 Å². The van der Waals surface area contributed by atoms with Crippen molar-refractivity contribution in [2.45, 2.75) is 45.6 Å². The van der Waals surface area contributed by atoms with Gasteiger partial charge in [-0.05, 0) is 31.4 Å². The SMILES string of the molecule is Cc1ccc(N2CCCC2c2noc(C(C)C)n2)c([N+](=O)[O-])c1. The molecule has 0 spiro atoms. The topological polar surface area (TPSA) is 85.3 Å². The molecule has 1 unspecified atom stereocenters. The molecule has 0 radical (unpaired) electrons. The number of hydrogen-bond acceptors (Lipinski definition) is 6. The van der Waals surface area contributed by atoms with Gasteiger partial charge in [0.25, 0.3) is 5.69 Å². The van der Waals surface area contributed by atoms with Crippen molar-refractivity contribution in [3.05, 3.63) is 45.6 Å². The Morgan fingerprint density at radius 1 is 1.43 bits per heavy atom. The molecular formula is C16H20N4O3. The molecule has 23 heavy (non-hydrogen) atoms. The van der Waals surface area contributed by atoms with E-state index in [1.807, 2.05) is 37.8 Å². The van der Waals surface area contributed by atoms with Crippen molar-refractivity contribution < 1.29 is 9.45 Å². The molecular weight excluding hydrogens is 296 g/mol. The molecule has 0 amide bonds. The highest BCUT2D eigenvalue weighted by atomic mass is 16.6. The van der Waals surface area contributed by atoms with Crippen LogP contribution in [0.4, 0.5) is 11.4 Å². The summed E-state index contributed by atoms with van der Waals surface area (Å²) < 4.78 is 5.30. The lowest BCUT2D eigenvalue weighted by Gasteiger charge is -2.24. The molecule has 1 aromatic heterocycles. The van der Waals surface area contributed by atoms with Crippen LogP contribution in [0.2, 0.25) is 0 Å². The van der Waals surface area contributed by atoms with Crippen LogP contribution in [0.3, 0.4) is 0 Å². The van der Waals surface area contributed by atoms with Gasteiger partial charge in [-0.15, -0.1) is 0 Å². The second-order valence-corrected chi connectivity index (χ2v) is 6.25. The molecule has 0 saturated carbocycles. The van der Waals surface area contributed by atoms with Gasteiger partial charge in [0.2, 0.25) is 5.89 Å². The van der Waals surface area contributed by atoms with Gasteiger partial charge in [0.1, 0.15) is 5.69 Å². The lowest BCUT2D eigenvalue weighted by Crippen LogP contribution is -2.24. The molecule has 2 heterocycles. The molecule has 1 fully saturated rings. The van der Waals surface area contributed by atoms with Crippen LogP contribution in [0.25, 0.3) is 0 Å². The zero-order valence-corrected chi connectivity index (χ0v) is 13.5. The Morgan fingerprint density at radius 3 is 2.87 bits per heavy atom. The highest BCUT2D eigenvalue weighted by Gasteiger charge is 2.34. The second kappa shape index (κ2) is 5.98. The molecule has 3 rings (SSSR count). The average Bonchev–Trinajstić information content (AvgIpc) is 3.15. The van der Waals surface area contributed by atoms with Gasteiger partial charge in [0.15, 0.2) is 5.82 Å². The van der Waals surface area contributed by atoms with Crippen LogP contribution in [0, 0.1) is 17.0 Å². The standard InChI is InChI=1S/C16H20N4O3/c1-10(2)16-17-15(18-23-16)13-5-4-8-19(13)12-7-6-11(3)9-14(12)20(21)22/h6-7,9-10,13H,4-5,8H2,1-3H3. The zero-order chi connectivity index (χ0) is 16.6. The van der Waals surface area contributed by atoms with E-state index in [1.165, 1.54) is 0 Å². The van der Waals surface area contributed by atoms with Crippen LogP contribution in [0.5, 0.6) is 0 Å². The highest BCUT2D eigenvalue weighted by Crippen LogP contribution is 2.40. The average molecular weight is 316 g/mol. The van der Waals surface area contributed by atoms with Crippen molar-refractivity contribution in [1.29, 1.82) is 0 Å². The van der Waals surface area contributed by atoms with Gasteiger partial charge in [-0.2, -0.15) is 4.98 Å². The Bertz CT molecular complexity index is 726. The van der Waals surface area contributed by atoms with Crippen molar-refractivity contribution in [2.75, 3.05) is 11.4 Å². The van der Waals surface area contributed by atoms with Crippen LogP contribution in [0.15, 0.2) is 22.7 Å². The molecule has 0 aliphatic carbocycles. The van der Waals surface area contributed by atoms with Crippen LogP contribution in [-0.4, -0.2) is 21.6 Å². The molecule has 2 aromatic rings. The summed E-state index contributed by atoms with van der Waals surface area (Å²) in [5.41, 5.74) is 1.63. The Hall–Kier alpha value is -2.44. The van der Waals surface area contributed by atoms with E-state index in [2.05, 4.69) is 10.1 Å². The van der Waals surface area contributed by atoms with E-state index in [-0.39, 0.29) is 22.6 Å². The lowest BCUT2D eigenvalue weighted by molar-refractivity contribution is -0.384. The summed E-state index contributed by atoms with van der Waals surface area (Å²) in [5.74, 6) is 1.38. The molecule has 7 heteroatoms. The summed E-state index contributed by atoms with van der Waals surface area (Å²) in [6, 6.07) is 5.25. The van der Waals surface area contributed by atoms with Crippen molar-refractivity contribution in [3.8, 4) is 0 Å². The summed E-state index contributed by atoms with van der Waals surface area (Å²) in [4.78, 5) is 17.6. The van der Waals surface area contributed by atoms with Gasteiger partial charge in [0, 0.05) is 18.5 Å². The van der Waals surface area contributed by atoms with E-state index >= 15 is 0 Å². The summed E-state index contributed by atoms with van der Waals surface area (Å²) in [6.07, 6.45) is 1.81. The number of benzene rings is 1. The summed E-state index contributed by atoms with van der Waals surface area (Å²) in [5, 5.41) is 15.5. The maximum atomic E-state index is 11.4. The lowest BCUT2D eigenvalue weighted by atomic mass is 10.1. The van der Waals surface area contributed by atoms with E-state index in [0.29, 0.717) is 17.4 Å². The first kappa shape index (κ1) is 15.5. The fourth-order valence-corrected chi connectivity index (χ4v) is 2.96. The normalized spacial score (nSPS) is 17.9. The molecule has 0 bridgehead atoms. The van der Waals surface area contributed by atoms with Gasteiger partial charge in [-0.1, -0.05) is 25.1 Å². The monoisotopic (exact) mass is 316 g/mol. The van der Waals surface area contributed by atoms with Crippen molar-refractivity contribution in [2.24, 2.45) is 0 Å². The van der Waals surface area contributed by atoms with Gasteiger partial charge in [0.05, 0.1) is 11.0 Å². The van der Waals surface area contributed by atoms with Gasteiger partial charge in [-0.3, -0.25) is 10.1 Å². The highest BCUT2D eigenvalue weighted by molar-refractivity contribution is 5.65. The van der Waals surface area contributed by atoms with Crippen LogP contribution >= 0.6 is 0 Å². The molecule has 1 aliphatic rings. The van der Waals surface area contributed by atoms with E-state index in [9.17, 15) is 10.1 Å². The number of nitro groups is 1.